The van der Waals surface area contributed by atoms with Gasteiger partial charge in [0.2, 0.25) is 11.8 Å². The molecule has 1 aliphatic rings. The maximum absolute atomic E-state index is 13.6. The highest BCUT2D eigenvalue weighted by Crippen LogP contribution is 2.14. The Hall–Kier alpha value is -3.47. The average Bonchev–Trinajstić information content (AvgIpc) is 3.01. The number of nitrogens with one attached hydrogen (secondary N) is 3. The first-order chi connectivity index (χ1) is 20.4. The van der Waals surface area contributed by atoms with Gasteiger partial charge in [-0.1, -0.05) is 42.5 Å². The minimum atomic E-state index is -0.902. The Morgan fingerprint density at radius 3 is 2.45 bits per heavy atom. The molecule has 2 amide bonds. The van der Waals surface area contributed by atoms with Gasteiger partial charge in [-0.2, -0.15) is 0 Å². The first kappa shape index (κ1) is 33.0. The quantitative estimate of drug-likeness (QED) is 0.209. The normalized spacial score (nSPS) is 15.4. The third-order valence-corrected chi connectivity index (χ3v) is 7.38. The Bertz CT molecular complexity index is 1110. The molecule has 0 unspecified atom stereocenters. The van der Waals surface area contributed by atoms with Crippen molar-refractivity contribution in [1.82, 2.24) is 20.9 Å². The van der Waals surface area contributed by atoms with E-state index in [9.17, 15) is 19.5 Å². The molecule has 0 aromatic heterocycles. The number of likely N-dealkylation sites (tertiary alicyclic amines) is 1. The summed E-state index contributed by atoms with van der Waals surface area (Å²) in [6.07, 6.45) is 3.01. The van der Waals surface area contributed by atoms with Crippen LogP contribution < -0.4 is 20.7 Å². The molecular weight excluding hydrogens is 536 g/mol. The van der Waals surface area contributed by atoms with Crippen LogP contribution in [0, 0.1) is 0 Å². The summed E-state index contributed by atoms with van der Waals surface area (Å²) < 4.78 is 10.3. The van der Waals surface area contributed by atoms with Crippen molar-refractivity contribution in [2.45, 2.75) is 70.2 Å². The zero-order chi connectivity index (χ0) is 30.2. The van der Waals surface area contributed by atoms with Crippen LogP contribution in [0.15, 0.2) is 54.6 Å². The van der Waals surface area contributed by atoms with E-state index >= 15 is 0 Å². The second-order valence-electron chi connectivity index (χ2n) is 10.6. The number of methoxy groups -OCH3 is 1. The van der Waals surface area contributed by atoms with Crippen LogP contribution in [0.2, 0.25) is 0 Å². The maximum atomic E-state index is 13.6. The lowest BCUT2D eigenvalue weighted by Gasteiger charge is -2.29. The number of carbonyl (C=O) groups excluding carboxylic acids is 3. The number of carbonyl (C=O) groups is 3. The van der Waals surface area contributed by atoms with Crippen LogP contribution in [-0.4, -0.2) is 85.9 Å². The van der Waals surface area contributed by atoms with Gasteiger partial charge in [-0.05, 0) is 62.3 Å². The fraction of sp³-hybridized carbons (Fsp3) is 0.531. The van der Waals surface area contributed by atoms with Gasteiger partial charge in [0.05, 0.1) is 38.4 Å². The number of aliphatic hydroxyl groups is 1. The summed E-state index contributed by atoms with van der Waals surface area (Å²) in [5, 5.41) is 20.4. The molecule has 0 bridgehead atoms. The number of aliphatic hydroxyl groups excluding tert-OH is 1. The van der Waals surface area contributed by atoms with Crippen molar-refractivity contribution in [1.29, 1.82) is 0 Å². The number of hydrogen-bond acceptors (Lipinski definition) is 8. The highest BCUT2D eigenvalue weighted by atomic mass is 16.5. The molecule has 10 nitrogen and oxygen atoms in total. The minimum Gasteiger partial charge on any atom is -0.497 e. The third-order valence-electron chi connectivity index (χ3n) is 7.38. The predicted octanol–water partition coefficient (Wildman–Crippen LogP) is 2.19. The van der Waals surface area contributed by atoms with Gasteiger partial charge in [-0.25, -0.2) is 0 Å². The van der Waals surface area contributed by atoms with Crippen LogP contribution in [-0.2, 0) is 32.1 Å². The summed E-state index contributed by atoms with van der Waals surface area (Å²) in [7, 11) is 1.62. The predicted molar refractivity (Wildman–Crippen MR) is 161 cm³/mol. The maximum Gasteiger partial charge on any atom is 0.319 e. The van der Waals surface area contributed by atoms with Crippen LogP contribution >= 0.6 is 0 Å². The molecule has 42 heavy (non-hydrogen) atoms. The van der Waals surface area contributed by atoms with Crippen molar-refractivity contribution in [2.24, 2.45) is 0 Å². The van der Waals surface area contributed by atoms with E-state index in [0.717, 1.165) is 49.2 Å². The van der Waals surface area contributed by atoms with Gasteiger partial charge in [0.1, 0.15) is 5.75 Å². The lowest BCUT2D eigenvalue weighted by atomic mass is 9.99. The molecule has 3 atom stereocenters. The molecule has 3 rings (SSSR count). The number of piperidine rings is 1. The second kappa shape index (κ2) is 18.1. The summed E-state index contributed by atoms with van der Waals surface area (Å²) >= 11 is 0. The van der Waals surface area contributed by atoms with E-state index in [2.05, 4.69) is 16.0 Å². The van der Waals surface area contributed by atoms with E-state index in [4.69, 9.17) is 9.47 Å². The van der Waals surface area contributed by atoms with E-state index in [1.165, 1.54) is 0 Å². The van der Waals surface area contributed by atoms with Gasteiger partial charge in [0, 0.05) is 32.6 Å². The summed E-state index contributed by atoms with van der Waals surface area (Å²) in [6.45, 7) is 4.03. The summed E-state index contributed by atoms with van der Waals surface area (Å²) in [5.74, 6) is -0.0870. The fourth-order valence-electron chi connectivity index (χ4n) is 5.04. The fourth-order valence-corrected chi connectivity index (χ4v) is 5.04. The monoisotopic (exact) mass is 582 g/mol. The van der Waals surface area contributed by atoms with Gasteiger partial charge in [-0.15, -0.1) is 0 Å². The molecule has 1 saturated heterocycles. The third kappa shape index (κ3) is 11.4. The van der Waals surface area contributed by atoms with E-state index in [-0.39, 0.29) is 44.4 Å². The number of amides is 2. The molecule has 230 valence electrons. The first-order valence-electron chi connectivity index (χ1n) is 14.9. The number of rotatable bonds is 17. The Kier molecular flexibility index (Phi) is 14.3. The summed E-state index contributed by atoms with van der Waals surface area (Å²) in [5.41, 5.74) is 1.97. The molecule has 0 spiro atoms. The SMILES string of the molecule is CCOC(=O)CN[C@@H](CCC(=O)N1CCCCC1)C(=O)N[C@@H](Cc1ccccc1)[C@H](O)CNCc1cccc(OC)c1. The average molecular weight is 583 g/mol. The zero-order valence-corrected chi connectivity index (χ0v) is 24.8. The number of esters is 1. The van der Waals surface area contributed by atoms with E-state index in [1.54, 1.807) is 14.0 Å². The second-order valence-corrected chi connectivity index (χ2v) is 10.6. The van der Waals surface area contributed by atoms with E-state index < -0.39 is 24.2 Å². The first-order valence-corrected chi connectivity index (χ1v) is 14.9. The van der Waals surface area contributed by atoms with Crippen molar-refractivity contribution < 1.29 is 29.0 Å². The molecule has 0 radical (unpaired) electrons. The Morgan fingerprint density at radius 1 is 1.00 bits per heavy atom. The molecule has 0 aliphatic carbocycles. The van der Waals surface area contributed by atoms with Gasteiger partial charge in [0.25, 0.3) is 0 Å². The lowest BCUT2D eigenvalue weighted by molar-refractivity contribution is -0.142. The smallest absolute Gasteiger partial charge is 0.319 e. The van der Waals surface area contributed by atoms with Crippen molar-refractivity contribution in [2.75, 3.05) is 39.9 Å². The molecule has 2 aromatic rings. The Labute approximate surface area is 249 Å². The van der Waals surface area contributed by atoms with Gasteiger partial charge < -0.3 is 30.1 Å². The van der Waals surface area contributed by atoms with Crippen LogP contribution in [0.1, 0.15) is 50.2 Å². The van der Waals surface area contributed by atoms with Crippen LogP contribution in [0.5, 0.6) is 5.75 Å². The van der Waals surface area contributed by atoms with Crippen LogP contribution in [0.25, 0.3) is 0 Å². The molecule has 2 aromatic carbocycles. The van der Waals surface area contributed by atoms with Gasteiger partial charge >= 0.3 is 5.97 Å². The summed E-state index contributed by atoms with van der Waals surface area (Å²) in [4.78, 5) is 40.3. The molecule has 4 N–H and O–H groups in total. The van der Waals surface area contributed by atoms with Crippen LogP contribution in [0.3, 0.4) is 0 Å². The number of ether oxygens (including phenoxy) is 2. The molecular formula is C32H46N4O6. The summed E-state index contributed by atoms with van der Waals surface area (Å²) in [6, 6.07) is 15.9. The van der Waals surface area contributed by atoms with Crippen molar-refractivity contribution >= 4 is 17.8 Å². The van der Waals surface area contributed by atoms with Crippen molar-refractivity contribution in [3.8, 4) is 5.75 Å². The number of hydrogen-bond donors (Lipinski definition) is 4. The molecule has 1 fully saturated rings. The molecule has 10 heteroatoms. The van der Waals surface area contributed by atoms with Crippen LogP contribution in [0.4, 0.5) is 0 Å². The molecule has 1 aliphatic heterocycles. The van der Waals surface area contributed by atoms with Gasteiger partial charge in [0.15, 0.2) is 0 Å². The lowest BCUT2D eigenvalue weighted by Crippen LogP contribution is -2.54. The van der Waals surface area contributed by atoms with E-state index in [0.29, 0.717) is 13.0 Å². The standard InChI is InChI=1S/C32H46N4O6/c1-3-42-31(39)23-34-27(15-16-30(38)36-17-8-5-9-18-36)32(40)35-28(20-24-11-6-4-7-12-24)29(37)22-33-21-25-13-10-14-26(19-25)41-2/h4,6-7,10-14,19,27-29,33-34,37H,3,5,8-9,15-18,20-23H2,1-2H3,(H,35,40)/t27-,28-,29+/m0/s1. The molecule has 1 heterocycles. The van der Waals surface area contributed by atoms with Gasteiger partial charge in [-0.3, -0.25) is 19.7 Å². The van der Waals surface area contributed by atoms with Crippen molar-refractivity contribution in [3.05, 3.63) is 65.7 Å². The number of benzene rings is 2. The minimum absolute atomic E-state index is 0.00745. The topological polar surface area (TPSA) is 129 Å². The highest BCUT2D eigenvalue weighted by molar-refractivity contribution is 5.84. The Morgan fingerprint density at radius 2 is 1.74 bits per heavy atom. The Balaban J connectivity index is 1.66. The zero-order valence-electron chi connectivity index (χ0n) is 24.8. The number of nitrogens with zero attached hydrogens (tertiary/aromatic N) is 1. The van der Waals surface area contributed by atoms with Crippen molar-refractivity contribution in [3.63, 3.8) is 0 Å². The van der Waals surface area contributed by atoms with E-state index in [1.807, 2.05) is 59.5 Å². The molecule has 0 saturated carbocycles. The largest absolute Gasteiger partial charge is 0.497 e. The highest BCUT2D eigenvalue weighted by Gasteiger charge is 2.28.